The summed E-state index contributed by atoms with van der Waals surface area (Å²) in [5.74, 6) is -1.03. The van der Waals surface area contributed by atoms with Crippen LogP contribution < -0.4 is 5.73 Å². The van der Waals surface area contributed by atoms with Crippen LogP contribution in [-0.2, 0) is 14.3 Å². The van der Waals surface area contributed by atoms with Crippen molar-refractivity contribution < 1.29 is 24.2 Å². The summed E-state index contributed by atoms with van der Waals surface area (Å²) in [6.07, 6.45) is 0. The van der Waals surface area contributed by atoms with E-state index in [1.165, 1.54) is 21.6 Å². The maximum atomic E-state index is 12.3. The Morgan fingerprint density at radius 1 is 1.26 bits per heavy atom. The van der Waals surface area contributed by atoms with Crippen molar-refractivity contribution in [2.24, 2.45) is 5.73 Å². The zero-order valence-corrected chi connectivity index (χ0v) is 11.0. The number of nitrogens with zero attached hydrogens (tertiary/aromatic N) is 2. The number of primary amides is 1. The van der Waals surface area contributed by atoms with Crippen LogP contribution >= 0.6 is 11.8 Å². The molecule has 3 amide bonds. The Bertz CT molecular complexity index is 405. The molecule has 2 atom stereocenters. The van der Waals surface area contributed by atoms with Gasteiger partial charge < -0.3 is 25.4 Å². The van der Waals surface area contributed by atoms with Crippen LogP contribution in [0.1, 0.15) is 0 Å². The molecule has 8 nitrogen and oxygen atoms in total. The van der Waals surface area contributed by atoms with Crippen LogP contribution in [0.2, 0.25) is 0 Å². The molecule has 0 saturated carbocycles. The quantitative estimate of drug-likeness (QED) is 0.657. The van der Waals surface area contributed by atoms with Gasteiger partial charge in [0.05, 0.1) is 19.1 Å². The van der Waals surface area contributed by atoms with Gasteiger partial charge in [-0.1, -0.05) is 0 Å². The Balaban J connectivity index is 2.13. The SMILES string of the molecule is NC(=O)C1COCCN1C(=O)N1CSCC1C(=O)O. The Morgan fingerprint density at radius 2 is 2.00 bits per heavy atom. The second kappa shape index (κ2) is 5.66. The summed E-state index contributed by atoms with van der Waals surface area (Å²) in [5, 5.41) is 9.06. The minimum atomic E-state index is -1.04. The highest BCUT2D eigenvalue weighted by molar-refractivity contribution is 7.99. The molecule has 2 fully saturated rings. The van der Waals surface area contributed by atoms with Crippen molar-refractivity contribution in [1.82, 2.24) is 9.80 Å². The number of thioether (sulfide) groups is 1. The molecule has 0 radical (unpaired) electrons. The second-order valence-electron chi connectivity index (χ2n) is 4.29. The minimum absolute atomic E-state index is 0.0554. The molecule has 0 spiro atoms. The van der Waals surface area contributed by atoms with E-state index in [9.17, 15) is 14.4 Å². The van der Waals surface area contributed by atoms with Crippen LogP contribution in [0.4, 0.5) is 4.79 Å². The number of morpholine rings is 1. The number of rotatable bonds is 2. The Morgan fingerprint density at radius 3 is 2.63 bits per heavy atom. The molecule has 0 aliphatic carbocycles. The molecule has 106 valence electrons. The van der Waals surface area contributed by atoms with Crippen molar-refractivity contribution in [3.63, 3.8) is 0 Å². The Labute approximate surface area is 113 Å². The fourth-order valence-electron chi connectivity index (χ4n) is 2.07. The third-order valence-electron chi connectivity index (χ3n) is 3.12. The number of urea groups is 1. The first-order chi connectivity index (χ1) is 9.02. The molecule has 19 heavy (non-hydrogen) atoms. The predicted octanol–water partition coefficient (Wildman–Crippen LogP) is -1.25. The highest BCUT2D eigenvalue weighted by atomic mass is 32.2. The summed E-state index contributed by atoms with van der Waals surface area (Å²) >= 11 is 1.37. The van der Waals surface area contributed by atoms with E-state index >= 15 is 0 Å². The highest BCUT2D eigenvalue weighted by Crippen LogP contribution is 2.23. The summed E-state index contributed by atoms with van der Waals surface area (Å²) in [6, 6.07) is -2.15. The van der Waals surface area contributed by atoms with Crippen LogP contribution in [-0.4, -0.2) is 76.3 Å². The number of hydrogen-bond donors (Lipinski definition) is 2. The Kier molecular flexibility index (Phi) is 4.15. The molecule has 0 aromatic heterocycles. The molecule has 2 rings (SSSR count). The summed E-state index contributed by atoms with van der Waals surface area (Å²) in [4.78, 5) is 37.3. The van der Waals surface area contributed by atoms with Gasteiger partial charge in [-0.25, -0.2) is 9.59 Å². The first-order valence-corrected chi connectivity index (χ1v) is 6.92. The summed E-state index contributed by atoms with van der Waals surface area (Å²) < 4.78 is 5.13. The second-order valence-corrected chi connectivity index (χ2v) is 5.29. The average molecular weight is 289 g/mol. The van der Waals surface area contributed by atoms with E-state index in [0.717, 1.165) is 0 Å². The Hall–Kier alpha value is -1.48. The van der Waals surface area contributed by atoms with E-state index in [4.69, 9.17) is 15.6 Å². The maximum absolute atomic E-state index is 12.3. The van der Waals surface area contributed by atoms with E-state index in [2.05, 4.69) is 0 Å². The van der Waals surface area contributed by atoms with Gasteiger partial charge >= 0.3 is 12.0 Å². The van der Waals surface area contributed by atoms with Gasteiger partial charge in [-0.3, -0.25) is 4.79 Å². The fraction of sp³-hybridized carbons (Fsp3) is 0.700. The normalized spacial score (nSPS) is 27.4. The number of ether oxygens (including phenoxy) is 1. The average Bonchev–Trinajstić information content (AvgIpc) is 2.87. The van der Waals surface area contributed by atoms with Crippen LogP contribution in [0.15, 0.2) is 0 Å². The fourth-order valence-corrected chi connectivity index (χ4v) is 3.21. The van der Waals surface area contributed by atoms with Crippen molar-refractivity contribution in [1.29, 1.82) is 0 Å². The van der Waals surface area contributed by atoms with Crippen molar-refractivity contribution in [3.05, 3.63) is 0 Å². The monoisotopic (exact) mass is 289 g/mol. The number of carboxylic acid groups (broad SMARTS) is 1. The molecule has 2 heterocycles. The summed E-state index contributed by atoms with van der Waals surface area (Å²) in [6.45, 7) is 0.605. The molecule has 3 N–H and O–H groups in total. The van der Waals surface area contributed by atoms with E-state index in [1.54, 1.807) is 0 Å². The van der Waals surface area contributed by atoms with Crippen molar-refractivity contribution in [2.45, 2.75) is 12.1 Å². The topological polar surface area (TPSA) is 113 Å². The van der Waals surface area contributed by atoms with Gasteiger partial charge in [0, 0.05) is 12.3 Å². The minimum Gasteiger partial charge on any atom is -0.480 e. The van der Waals surface area contributed by atoms with Crippen molar-refractivity contribution in [2.75, 3.05) is 31.4 Å². The number of carboxylic acids is 1. The van der Waals surface area contributed by atoms with E-state index in [0.29, 0.717) is 18.2 Å². The standard InChI is InChI=1S/C10H15N3O5S/c11-8(14)6-3-18-2-1-12(6)10(17)13-5-19-4-7(13)9(15)16/h6-7H,1-5H2,(H2,11,14)(H,15,16). The zero-order valence-electron chi connectivity index (χ0n) is 10.2. The number of nitrogens with two attached hydrogens (primary N) is 1. The largest absolute Gasteiger partial charge is 0.480 e. The lowest BCUT2D eigenvalue weighted by molar-refractivity contribution is -0.141. The molecule has 0 bridgehead atoms. The van der Waals surface area contributed by atoms with Crippen LogP contribution in [0.3, 0.4) is 0 Å². The van der Waals surface area contributed by atoms with Crippen LogP contribution in [0, 0.1) is 0 Å². The van der Waals surface area contributed by atoms with Crippen molar-refractivity contribution >= 4 is 29.7 Å². The number of aliphatic carboxylic acids is 1. The molecule has 2 aliphatic heterocycles. The van der Waals surface area contributed by atoms with Gasteiger partial charge in [0.2, 0.25) is 5.91 Å². The molecule has 2 aliphatic rings. The molecule has 2 unspecified atom stereocenters. The maximum Gasteiger partial charge on any atom is 0.327 e. The van der Waals surface area contributed by atoms with E-state index in [1.807, 2.05) is 0 Å². The molecule has 9 heteroatoms. The third kappa shape index (κ3) is 2.76. The van der Waals surface area contributed by atoms with Gasteiger partial charge in [-0.15, -0.1) is 11.8 Å². The number of carbonyl (C=O) groups is 3. The summed E-state index contributed by atoms with van der Waals surface area (Å²) in [7, 11) is 0. The first kappa shape index (κ1) is 13.9. The number of carbonyl (C=O) groups excluding carboxylic acids is 2. The molecule has 0 aromatic carbocycles. The molecular weight excluding hydrogens is 274 g/mol. The first-order valence-electron chi connectivity index (χ1n) is 5.77. The molecular formula is C10H15N3O5S. The van der Waals surface area contributed by atoms with Gasteiger partial charge in [-0.2, -0.15) is 0 Å². The van der Waals surface area contributed by atoms with Crippen LogP contribution in [0.25, 0.3) is 0 Å². The lowest BCUT2D eigenvalue weighted by Crippen LogP contribution is -2.59. The molecule has 2 saturated heterocycles. The zero-order chi connectivity index (χ0) is 14.0. The van der Waals surface area contributed by atoms with E-state index < -0.39 is 30.0 Å². The van der Waals surface area contributed by atoms with Gasteiger partial charge in [-0.05, 0) is 0 Å². The van der Waals surface area contributed by atoms with Crippen molar-refractivity contribution in [3.8, 4) is 0 Å². The highest BCUT2D eigenvalue weighted by Gasteiger charge is 2.40. The smallest absolute Gasteiger partial charge is 0.327 e. The predicted molar refractivity (Wildman–Crippen MR) is 66.5 cm³/mol. The van der Waals surface area contributed by atoms with Crippen LogP contribution in [0.5, 0.6) is 0 Å². The number of hydrogen-bond acceptors (Lipinski definition) is 5. The van der Waals surface area contributed by atoms with Gasteiger partial charge in [0.15, 0.2) is 0 Å². The lowest BCUT2D eigenvalue weighted by atomic mass is 10.2. The van der Waals surface area contributed by atoms with Gasteiger partial charge in [0.1, 0.15) is 12.1 Å². The number of amides is 3. The lowest BCUT2D eigenvalue weighted by Gasteiger charge is -2.36. The third-order valence-corrected chi connectivity index (χ3v) is 4.13. The summed E-state index contributed by atoms with van der Waals surface area (Å²) in [5.41, 5.74) is 5.24. The van der Waals surface area contributed by atoms with Gasteiger partial charge in [0.25, 0.3) is 0 Å². The molecule has 0 aromatic rings. The van der Waals surface area contributed by atoms with E-state index in [-0.39, 0.29) is 13.2 Å².